The van der Waals surface area contributed by atoms with Crippen LogP contribution in [0.15, 0.2) is 17.2 Å². The molecule has 0 amide bonds. The van der Waals surface area contributed by atoms with Gasteiger partial charge in [0.2, 0.25) is 10.0 Å². The second-order valence-electron chi connectivity index (χ2n) is 4.07. The van der Waals surface area contributed by atoms with Crippen molar-refractivity contribution in [2.24, 2.45) is 0 Å². The van der Waals surface area contributed by atoms with Crippen molar-refractivity contribution in [1.29, 1.82) is 0 Å². The van der Waals surface area contributed by atoms with E-state index in [0.717, 1.165) is 17.2 Å². The van der Waals surface area contributed by atoms with Gasteiger partial charge in [0.25, 0.3) is 0 Å². The minimum Gasteiger partial charge on any atom is -0.363 e. The normalized spacial score (nSPS) is 13.7. The fourth-order valence-corrected chi connectivity index (χ4v) is 3.57. The van der Waals surface area contributed by atoms with Gasteiger partial charge in [-0.2, -0.15) is 11.8 Å². The number of rotatable bonds is 8. The summed E-state index contributed by atoms with van der Waals surface area (Å²) in [5, 5.41) is 2.97. The second-order valence-corrected chi connectivity index (χ2v) is 7.11. The second kappa shape index (κ2) is 7.18. The molecule has 7 heteroatoms. The lowest BCUT2D eigenvalue weighted by atomic mass is 10.4. The van der Waals surface area contributed by atoms with Gasteiger partial charge in [0.1, 0.15) is 0 Å². The van der Waals surface area contributed by atoms with Crippen LogP contribution in [0.5, 0.6) is 0 Å². The molecule has 1 aromatic heterocycles. The van der Waals surface area contributed by atoms with Crippen LogP contribution >= 0.6 is 11.8 Å². The molecule has 0 bridgehead atoms. The van der Waals surface area contributed by atoms with Gasteiger partial charge in [-0.1, -0.05) is 6.92 Å². The Morgan fingerprint density at radius 1 is 1.50 bits per heavy atom. The van der Waals surface area contributed by atoms with Crippen molar-refractivity contribution in [3.05, 3.63) is 18.0 Å². The van der Waals surface area contributed by atoms with Gasteiger partial charge >= 0.3 is 0 Å². The van der Waals surface area contributed by atoms with Crippen LogP contribution in [0.25, 0.3) is 0 Å². The van der Waals surface area contributed by atoms with E-state index in [2.05, 4.69) is 21.9 Å². The van der Waals surface area contributed by atoms with E-state index in [1.54, 1.807) is 17.8 Å². The van der Waals surface area contributed by atoms with Gasteiger partial charge in [-0.25, -0.2) is 13.1 Å². The Kier molecular flexibility index (Phi) is 6.20. The molecule has 1 atom stereocenters. The Morgan fingerprint density at radius 3 is 2.83 bits per heavy atom. The average Bonchev–Trinajstić information content (AvgIpc) is 2.75. The van der Waals surface area contributed by atoms with Crippen LogP contribution in [-0.4, -0.2) is 38.0 Å². The summed E-state index contributed by atoms with van der Waals surface area (Å²) < 4.78 is 26.8. The predicted octanol–water partition coefficient (Wildman–Crippen LogP) is 1.15. The van der Waals surface area contributed by atoms with Gasteiger partial charge in [-0.05, 0) is 25.8 Å². The van der Waals surface area contributed by atoms with Gasteiger partial charge in [-0.3, -0.25) is 0 Å². The zero-order valence-corrected chi connectivity index (χ0v) is 12.6. The van der Waals surface area contributed by atoms with Gasteiger partial charge < -0.3 is 10.3 Å². The Labute approximate surface area is 113 Å². The van der Waals surface area contributed by atoms with Gasteiger partial charge in [-0.15, -0.1) is 0 Å². The molecule has 5 nitrogen and oxygen atoms in total. The van der Waals surface area contributed by atoms with Crippen molar-refractivity contribution in [1.82, 2.24) is 15.0 Å². The number of thioether (sulfide) groups is 1. The van der Waals surface area contributed by atoms with Gasteiger partial charge in [0.05, 0.1) is 4.90 Å². The van der Waals surface area contributed by atoms with Crippen LogP contribution < -0.4 is 10.0 Å². The number of hydrogen-bond acceptors (Lipinski definition) is 4. The van der Waals surface area contributed by atoms with Crippen LogP contribution in [0.4, 0.5) is 0 Å². The number of nitrogens with one attached hydrogen (secondary N) is 3. The molecule has 0 aliphatic heterocycles. The smallest absolute Gasteiger partial charge is 0.242 e. The topological polar surface area (TPSA) is 74.0 Å². The highest BCUT2D eigenvalue weighted by Gasteiger charge is 2.18. The molecule has 0 saturated carbocycles. The van der Waals surface area contributed by atoms with E-state index in [1.807, 2.05) is 14.0 Å². The Balaban J connectivity index is 2.67. The van der Waals surface area contributed by atoms with Crippen molar-refractivity contribution in [3.8, 4) is 0 Å². The molecule has 1 aromatic rings. The SMILES string of the molecule is CCSCC(C)NS(=O)(=O)c1c[nH]c(CNC)c1. The van der Waals surface area contributed by atoms with Crippen molar-refractivity contribution >= 4 is 21.8 Å². The fourth-order valence-electron chi connectivity index (χ4n) is 1.53. The highest BCUT2D eigenvalue weighted by atomic mass is 32.2. The minimum absolute atomic E-state index is 0.0670. The zero-order chi connectivity index (χ0) is 13.6. The van der Waals surface area contributed by atoms with E-state index in [0.29, 0.717) is 11.4 Å². The summed E-state index contributed by atoms with van der Waals surface area (Å²) in [4.78, 5) is 3.24. The standard InChI is InChI=1S/C11H21N3O2S2/c1-4-17-8-9(2)14-18(15,16)11-5-10(6-12-3)13-7-11/h5,7,9,12-14H,4,6,8H2,1-3H3. The summed E-state index contributed by atoms with van der Waals surface area (Å²) in [5.74, 6) is 1.77. The number of aromatic nitrogens is 1. The van der Waals surface area contributed by atoms with Crippen LogP contribution in [0.2, 0.25) is 0 Å². The maximum atomic E-state index is 12.1. The molecule has 0 saturated heterocycles. The first kappa shape index (κ1) is 15.6. The molecule has 18 heavy (non-hydrogen) atoms. The van der Waals surface area contributed by atoms with Gasteiger partial charge in [0, 0.05) is 30.2 Å². The van der Waals surface area contributed by atoms with E-state index in [4.69, 9.17) is 0 Å². The third-order valence-corrected chi connectivity index (χ3v) is 5.04. The van der Waals surface area contributed by atoms with Crippen LogP contribution in [0.1, 0.15) is 19.5 Å². The molecule has 0 aliphatic rings. The summed E-state index contributed by atoms with van der Waals surface area (Å²) in [6.07, 6.45) is 1.52. The monoisotopic (exact) mass is 291 g/mol. The molecule has 0 fully saturated rings. The summed E-state index contributed by atoms with van der Waals surface area (Å²) in [5.41, 5.74) is 0.855. The van der Waals surface area contributed by atoms with Gasteiger partial charge in [0.15, 0.2) is 0 Å². The van der Waals surface area contributed by atoms with E-state index in [-0.39, 0.29) is 6.04 Å². The molecule has 0 radical (unpaired) electrons. The minimum atomic E-state index is -3.41. The Hall–Kier alpha value is -0.500. The molecule has 0 spiro atoms. The number of aromatic amines is 1. The van der Waals surface area contributed by atoms with Crippen molar-refractivity contribution in [2.75, 3.05) is 18.6 Å². The quantitative estimate of drug-likeness (QED) is 0.672. The Bertz CT molecular complexity index is 457. The van der Waals surface area contributed by atoms with Crippen molar-refractivity contribution < 1.29 is 8.42 Å². The van der Waals surface area contributed by atoms with E-state index < -0.39 is 10.0 Å². The first-order valence-electron chi connectivity index (χ1n) is 5.91. The lowest BCUT2D eigenvalue weighted by Crippen LogP contribution is -2.34. The molecule has 3 N–H and O–H groups in total. The number of hydrogen-bond donors (Lipinski definition) is 3. The predicted molar refractivity (Wildman–Crippen MR) is 76.3 cm³/mol. The molecule has 1 unspecified atom stereocenters. The van der Waals surface area contributed by atoms with Crippen LogP contribution in [0, 0.1) is 0 Å². The highest BCUT2D eigenvalue weighted by molar-refractivity contribution is 7.99. The maximum absolute atomic E-state index is 12.1. The summed E-state index contributed by atoms with van der Waals surface area (Å²) in [6, 6.07) is 1.58. The number of sulfonamides is 1. The molecule has 1 rings (SSSR count). The third kappa shape index (κ3) is 4.64. The van der Waals surface area contributed by atoms with E-state index in [9.17, 15) is 8.42 Å². The largest absolute Gasteiger partial charge is 0.363 e. The zero-order valence-electron chi connectivity index (χ0n) is 11.0. The van der Waals surface area contributed by atoms with Crippen LogP contribution in [0.3, 0.4) is 0 Å². The van der Waals surface area contributed by atoms with Crippen molar-refractivity contribution in [3.63, 3.8) is 0 Å². The average molecular weight is 291 g/mol. The fraction of sp³-hybridized carbons (Fsp3) is 0.636. The van der Waals surface area contributed by atoms with Crippen LogP contribution in [-0.2, 0) is 16.6 Å². The summed E-state index contributed by atoms with van der Waals surface area (Å²) in [7, 11) is -1.59. The molecule has 0 aliphatic carbocycles. The van der Waals surface area contributed by atoms with Crippen molar-refractivity contribution in [2.45, 2.75) is 31.3 Å². The summed E-state index contributed by atoms with van der Waals surface area (Å²) >= 11 is 1.72. The first-order valence-corrected chi connectivity index (χ1v) is 8.55. The maximum Gasteiger partial charge on any atom is 0.242 e. The molecule has 1 heterocycles. The molecular formula is C11H21N3O2S2. The van der Waals surface area contributed by atoms with E-state index in [1.165, 1.54) is 6.20 Å². The molecule has 104 valence electrons. The lowest BCUT2D eigenvalue weighted by Gasteiger charge is -2.12. The van der Waals surface area contributed by atoms with E-state index >= 15 is 0 Å². The third-order valence-electron chi connectivity index (χ3n) is 2.32. The summed E-state index contributed by atoms with van der Waals surface area (Å²) in [6.45, 7) is 4.56. The lowest BCUT2D eigenvalue weighted by molar-refractivity contribution is 0.571. The highest BCUT2D eigenvalue weighted by Crippen LogP contribution is 2.12. The first-order chi connectivity index (χ1) is 8.49. The Morgan fingerprint density at radius 2 is 2.22 bits per heavy atom. The molecular weight excluding hydrogens is 270 g/mol. The number of H-pyrrole nitrogens is 1. The molecule has 0 aromatic carbocycles.